The molecule has 0 rings (SSSR count). The first-order valence-corrected chi connectivity index (χ1v) is 28.5. The Labute approximate surface area is 404 Å². The quantitative estimate of drug-likeness (QED) is 0.0262. The van der Waals surface area contributed by atoms with Crippen LogP contribution in [0, 0.1) is 0 Å². The summed E-state index contributed by atoms with van der Waals surface area (Å²) in [4.78, 5) is 38.1. The lowest BCUT2D eigenvalue weighted by molar-refractivity contribution is -0.167. The summed E-state index contributed by atoms with van der Waals surface area (Å²) in [5.74, 6) is -0.883. The van der Waals surface area contributed by atoms with Gasteiger partial charge in [0.2, 0.25) is 0 Å². The zero-order valence-corrected chi connectivity index (χ0v) is 43.5. The second kappa shape index (κ2) is 54.2. The molecular formula is C59H108O6. The highest BCUT2D eigenvalue weighted by Gasteiger charge is 2.19. The second-order valence-electron chi connectivity index (χ2n) is 19.2. The van der Waals surface area contributed by atoms with Crippen molar-refractivity contribution >= 4 is 17.9 Å². The van der Waals surface area contributed by atoms with Crippen LogP contribution in [0.4, 0.5) is 0 Å². The van der Waals surface area contributed by atoms with E-state index < -0.39 is 6.10 Å². The van der Waals surface area contributed by atoms with Crippen molar-refractivity contribution in [2.45, 2.75) is 309 Å². The van der Waals surface area contributed by atoms with Gasteiger partial charge in [0.1, 0.15) is 13.2 Å². The van der Waals surface area contributed by atoms with Gasteiger partial charge in [-0.1, -0.05) is 224 Å². The number of allylic oxidation sites excluding steroid dienone is 6. The van der Waals surface area contributed by atoms with Crippen LogP contribution in [0.5, 0.6) is 0 Å². The summed E-state index contributed by atoms with van der Waals surface area (Å²) in [6.07, 6.45) is 64.1. The SMILES string of the molecule is CCCCCCC/C=C/CCCCCCCC(=O)OC[C@H](COC(=O)CCCCCCCCCCC/C=C/CCCCCCCC)OC(=O)CCCCCCC/C=C/CCCCCCC. The maximum absolute atomic E-state index is 12.8. The van der Waals surface area contributed by atoms with Crippen LogP contribution < -0.4 is 0 Å². The van der Waals surface area contributed by atoms with Gasteiger partial charge in [0, 0.05) is 19.3 Å². The van der Waals surface area contributed by atoms with Crippen LogP contribution in [-0.4, -0.2) is 37.2 Å². The minimum Gasteiger partial charge on any atom is -0.462 e. The lowest BCUT2D eigenvalue weighted by Gasteiger charge is -2.18. The summed E-state index contributed by atoms with van der Waals surface area (Å²) in [7, 11) is 0. The van der Waals surface area contributed by atoms with E-state index in [4.69, 9.17) is 14.2 Å². The summed E-state index contributed by atoms with van der Waals surface area (Å²) < 4.78 is 16.8. The van der Waals surface area contributed by atoms with Crippen LogP contribution in [0.25, 0.3) is 0 Å². The van der Waals surface area contributed by atoms with E-state index in [-0.39, 0.29) is 31.1 Å². The molecule has 0 bridgehead atoms. The first kappa shape index (κ1) is 62.6. The van der Waals surface area contributed by atoms with Crippen molar-refractivity contribution in [2.75, 3.05) is 13.2 Å². The molecule has 0 aliphatic heterocycles. The number of unbranched alkanes of at least 4 members (excludes halogenated alkanes) is 35. The number of ether oxygens (including phenoxy) is 3. The molecule has 0 spiro atoms. The molecule has 0 aromatic carbocycles. The van der Waals surface area contributed by atoms with Crippen LogP contribution in [-0.2, 0) is 28.6 Å². The van der Waals surface area contributed by atoms with Gasteiger partial charge >= 0.3 is 17.9 Å². The van der Waals surface area contributed by atoms with Gasteiger partial charge in [-0.25, -0.2) is 0 Å². The van der Waals surface area contributed by atoms with Crippen molar-refractivity contribution in [1.82, 2.24) is 0 Å². The van der Waals surface area contributed by atoms with Gasteiger partial charge in [-0.2, -0.15) is 0 Å². The Kier molecular flexibility index (Phi) is 52.3. The van der Waals surface area contributed by atoms with Crippen molar-refractivity contribution in [3.8, 4) is 0 Å². The summed E-state index contributed by atoms with van der Waals surface area (Å²) >= 11 is 0. The molecule has 0 saturated heterocycles. The number of hydrogen-bond acceptors (Lipinski definition) is 6. The Hall–Kier alpha value is -2.37. The molecule has 0 fully saturated rings. The van der Waals surface area contributed by atoms with Crippen LogP contribution >= 0.6 is 0 Å². The average molecular weight is 914 g/mol. The molecular weight excluding hydrogens is 805 g/mol. The van der Waals surface area contributed by atoms with E-state index in [2.05, 4.69) is 57.2 Å². The van der Waals surface area contributed by atoms with Crippen molar-refractivity contribution in [3.63, 3.8) is 0 Å². The Bertz CT molecular complexity index is 1090. The topological polar surface area (TPSA) is 78.9 Å². The number of carbonyl (C=O) groups excluding carboxylic acids is 3. The van der Waals surface area contributed by atoms with Gasteiger partial charge in [-0.3, -0.25) is 14.4 Å². The highest BCUT2D eigenvalue weighted by molar-refractivity contribution is 5.71. The molecule has 6 nitrogen and oxygen atoms in total. The molecule has 380 valence electrons. The Balaban J connectivity index is 4.34. The molecule has 0 aromatic rings. The van der Waals surface area contributed by atoms with E-state index in [1.54, 1.807) is 0 Å². The highest BCUT2D eigenvalue weighted by atomic mass is 16.6. The zero-order chi connectivity index (χ0) is 47.2. The van der Waals surface area contributed by atoms with Gasteiger partial charge in [-0.15, -0.1) is 0 Å². The van der Waals surface area contributed by atoms with Crippen molar-refractivity contribution in [3.05, 3.63) is 36.5 Å². The molecule has 6 heteroatoms. The third-order valence-corrected chi connectivity index (χ3v) is 12.6. The zero-order valence-electron chi connectivity index (χ0n) is 43.5. The van der Waals surface area contributed by atoms with E-state index >= 15 is 0 Å². The second-order valence-corrected chi connectivity index (χ2v) is 19.2. The van der Waals surface area contributed by atoms with Gasteiger partial charge in [-0.05, 0) is 96.3 Å². The molecule has 65 heavy (non-hydrogen) atoms. The Morgan fingerprint density at radius 2 is 0.508 bits per heavy atom. The highest BCUT2D eigenvalue weighted by Crippen LogP contribution is 2.15. The van der Waals surface area contributed by atoms with Crippen molar-refractivity contribution in [1.29, 1.82) is 0 Å². The minimum absolute atomic E-state index is 0.0771. The van der Waals surface area contributed by atoms with E-state index in [1.807, 2.05) is 0 Å². The largest absolute Gasteiger partial charge is 0.462 e. The molecule has 0 unspecified atom stereocenters. The Morgan fingerprint density at radius 3 is 0.769 bits per heavy atom. The number of hydrogen-bond donors (Lipinski definition) is 0. The molecule has 0 heterocycles. The van der Waals surface area contributed by atoms with E-state index in [9.17, 15) is 14.4 Å². The summed E-state index contributed by atoms with van der Waals surface area (Å²) in [5.41, 5.74) is 0. The van der Waals surface area contributed by atoms with Crippen molar-refractivity contribution < 1.29 is 28.6 Å². The van der Waals surface area contributed by atoms with Crippen LogP contribution in [0.1, 0.15) is 303 Å². The molecule has 0 aromatic heterocycles. The lowest BCUT2D eigenvalue weighted by atomic mass is 10.1. The fourth-order valence-corrected chi connectivity index (χ4v) is 8.25. The summed E-state index contributed by atoms with van der Waals surface area (Å²) in [5, 5.41) is 0. The number of rotatable bonds is 52. The molecule has 0 aliphatic rings. The molecule has 0 saturated carbocycles. The summed E-state index contributed by atoms with van der Waals surface area (Å²) in [6, 6.07) is 0. The Morgan fingerprint density at radius 1 is 0.292 bits per heavy atom. The van der Waals surface area contributed by atoms with E-state index in [0.717, 1.165) is 70.6 Å². The van der Waals surface area contributed by atoms with Crippen molar-refractivity contribution in [2.24, 2.45) is 0 Å². The molecule has 1 atom stereocenters. The molecule has 0 aliphatic carbocycles. The fraction of sp³-hybridized carbons (Fsp3) is 0.847. The monoisotopic (exact) mass is 913 g/mol. The van der Waals surface area contributed by atoms with Crippen LogP contribution in [0.3, 0.4) is 0 Å². The first-order chi connectivity index (χ1) is 32.0. The van der Waals surface area contributed by atoms with Crippen LogP contribution in [0.15, 0.2) is 36.5 Å². The smallest absolute Gasteiger partial charge is 0.306 e. The first-order valence-electron chi connectivity index (χ1n) is 28.5. The minimum atomic E-state index is -0.778. The maximum atomic E-state index is 12.8. The fourth-order valence-electron chi connectivity index (χ4n) is 8.25. The van der Waals surface area contributed by atoms with Gasteiger partial charge in [0.05, 0.1) is 0 Å². The third-order valence-electron chi connectivity index (χ3n) is 12.6. The predicted molar refractivity (Wildman–Crippen MR) is 279 cm³/mol. The maximum Gasteiger partial charge on any atom is 0.306 e. The molecule has 0 radical (unpaired) electrons. The van der Waals surface area contributed by atoms with E-state index in [1.165, 1.54) is 193 Å². The van der Waals surface area contributed by atoms with Gasteiger partial charge in [0.15, 0.2) is 6.10 Å². The standard InChI is InChI=1S/C59H108O6/c1-4-7-10-13-16-19-22-25-28-29-30-31-32-35-37-40-43-46-49-52-58(61)64-55-56(65-59(62)53-50-47-44-41-38-34-27-24-21-18-15-12-9-6-3)54-63-57(60)51-48-45-42-39-36-33-26-23-20-17-14-11-8-5-2/h23-28,56H,4-22,29-55H2,1-3H3/b26-23+,27-24+,28-25+/t56-/m1/s1. The van der Waals surface area contributed by atoms with E-state index in [0.29, 0.717) is 19.3 Å². The number of carbonyl (C=O) groups is 3. The van der Waals surface area contributed by atoms with Gasteiger partial charge < -0.3 is 14.2 Å². The molecule has 0 N–H and O–H groups in total. The predicted octanol–water partition coefficient (Wildman–Crippen LogP) is 18.9. The lowest BCUT2D eigenvalue weighted by Crippen LogP contribution is -2.30. The summed E-state index contributed by atoms with van der Waals surface area (Å²) in [6.45, 7) is 6.63. The average Bonchev–Trinajstić information content (AvgIpc) is 3.30. The van der Waals surface area contributed by atoms with Crippen LogP contribution in [0.2, 0.25) is 0 Å². The number of esters is 3. The normalized spacial score (nSPS) is 12.2. The third kappa shape index (κ3) is 52.5. The van der Waals surface area contributed by atoms with Gasteiger partial charge in [0.25, 0.3) is 0 Å². The molecule has 0 amide bonds.